The lowest BCUT2D eigenvalue weighted by atomic mass is 10.1. The number of nitriles is 1. The molecule has 0 bridgehead atoms. The van der Waals surface area contributed by atoms with E-state index in [2.05, 4.69) is 21.7 Å². The van der Waals surface area contributed by atoms with E-state index >= 15 is 0 Å². The summed E-state index contributed by atoms with van der Waals surface area (Å²) in [5.41, 5.74) is 1.70. The van der Waals surface area contributed by atoms with Gasteiger partial charge in [0.2, 0.25) is 5.91 Å². The number of rotatable bonds is 10. The fourth-order valence-electron chi connectivity index (χ4n) is 4.25. The number of aliphatic hydroxyl groups is 2. The minimum Gasteiger partial charge on any atom is -0.486 e. The van der Waals surface area contributed by atoms with Gasteiger partial charge in [0.05, 0.1) is 35.0 Å². The number of carbonyl (C=O) groups is 1. The number of benzene rings is 2. The van der Waals surface area contributed by atoms with E-state index < -0.39 is 24.2 Å². The van der Waals surface area contributed by atoms with Gasteiger partial charge in [-0.25, -0.2) is 9.29 Å². The van der Waals surface area contributed by atoms with Gasteiger partial charge in [-0.05, 0) is 44.2 Å². The number of aliphatic hydroxyl groups excluding tert-OH is 2. The Bertz CT molecular complexity index is 1450. The number of amides is 1. The zero-order chi connectivity index (χ0) is 28.8. The van der Waals surface area contributed by atoms with E-state index in [1.165, 1.54) is 55.3 Å². The molecule has 4 rings (SSSR count). The fourth-order valence-corrected chi connectivity index (χ4v) is 4.43. The van der Waals surface area contributed by atoms with Gasteiger partial charge < -0.3 is 30.3 Å². The van der Waals surface area contributed by atoms with E-state index in [4.69, 9.17) is 21.1 Å². The summed E-state index contributed by atoms with van der Waals surface area (Å²) in [6, 6.07) is 9.60. The normalized spacial score (nSPS) is 16.7. The van der Waals surface area contributed by atoms with Crippen molar-refractivity contribution in [2.75, 3.05) is 30.4 Å². The van der Waals surface area contributed by atoms with Crippen LogP contribution in [0.2, 0.25) is 5.02 Å². The molecule has 1 aliphatic heterocycles. The average molecular weight is 570 g/mol. The molecule has 1 amide bonds. The molecule has 2 aromatic carbocycles. The van der Waals surface area contributed by atoms with Gasteiger partial charge in [-0.15, -0.1) is 0 Å². The number of anilines is 3. The predicted octanol–water partition coefficient (Wildman–Crippen LogP) is 4.28. The number of halogens is 2. The summed E-state index contributed by atoms with van der Waals surface area (Å²) >= 11 is 5.95. The second-order valence-electron chi connectivity index (χ2n) is 9.20. The maximum atomic E-state index is 13.7. The summed E-state index contributed by atoms with van der Waals surface area (Å²) in [7, 11) is 0. The number of fused-ring (bicyclic) bond motifs is 1. The Labute approximate surface area is 235 Å². The molecule has 0 unspecified atom stereocenters. The SMILES string of the molecule is C[C@H](O)N(C/C=C/C(=O)Nc1c(O[C@H]2CCOC2)ccc2c(Nc3ccc(F)c(Cl)c3)c(C#N)cnc12)[C@H](C)O. The highest BCUT2D eigenvalue weighted by atomic mass is 35.5. The minimum atomic E-state index is -0.917. The standard InChI is InChI=1S/C28H29ClFN5O5/c1-16(36)35(17(2)37)10-3-4-25(38)34-28-24(40-20-9-11-39-15-20)8-6-21-26(18(13-31)14-32-27(21)28)33-19-5-7-23(30)22(29)12-19/h3-8,12,14,16-17,20,36-37H,9-11,15H2,1-2H3,(H,32,33)(H,34,38)/b4-3+/t16-,17-,20-/m0/s1. The van der Waals surface area contributed by atoms with Crippen molar-refractivity contribution in [1.82, 2.24) is 9.88 Å². The highest BCUT2D eigenvalue weighted by molar-refractivity contribution is 6.31. The zero-order valence-corrected chi connectivity index (χ0v) is 22.7. The van der Waals surface area contributed by atoms with E-state index in [-0.39, 0.29) is 28.9 Å². The van der Waals surface area contributed by atoms with E-state index in [9.17, 15) is 24.7 Å². The third kappa shape index (κ3) is 6.85. The molecule has 0 aliphatic carbocycles. The van der Waals surface area contributed by atoms with Crippen LogP contribution in [0.3, 0.4) is 0 Å². The summed E-state index contributed by atoms with van der Waals surface area (Å²) in [5, 5.41) is 35.8. The van der Waals surface area contributed by atoms with Gasteiger partial charge in [0.1, 0.15) is 41.9 Å². The summed E-state index contributed by atoms with van der Waals surface area (Å²) < 4.78 is 25.3. The summed E-state index contributed by atoms with van der Waals surface area (Å²) in [6.07, 6.45) is 2.79. The van der Waals surface area contributed by atoms with Crippen LogP contribution in [0.5, 0.6) is 5.75 Å². The Kier molecular flexibility index (Phi) is 9.52. The molecule has 1 aromatic heterocycles. The second kappa shape index (κ2) is 13.0. The molecule has 0 radical (unpaired) electrons. The molecule has 2 heterocycles. The minimum absolute atomic E-state index is 0.0826. The van der Waals surface area contributed by atoms with E-state index in [0.717, 1.165) is 0 Å². The Morgan fingerprint density at radius 2 is 2.10 bits per heavy atom. The maximum absolute atomic E-state index is 13.7. The molecule has 40 heavy (non-hydrogen) atoms. The monoisotopic (exact) mass is 569 g/mol. The molecule has 3 atom stereocenters. The van der Waals surface area contributed by atoms with Crippen LogP contribution in [0.1, 0.15) is 25.8 Å². The number of carbonyl (C=O) groups excluding carboxylic acids is 1. The lowest BCUT2D eigenvalue weighted by molar-refractivity contribution is -0.112. The van der Waals surface area contributed by atoms with Gasteiger partial charge >= 0.3 is 0 Å². The number of nitrogens with zero attached hydrogens (tertiary/aromatic N) is 3. The average Bonchev–Trinajstić information content (AvgIpc) is 3.43. The first-order valence-electron chi connectivity index (χ1n) is 12.6. The van der Waals surface area contributed by atoms with Crippen LogP contribution in [0.4, 0.5) is 21.5 Å². The van der Waals surface area contributed by atoms with Gasteiger partial charge in [-0.2, -0.15) is 5.26 Å². The highest BCUT2D eigenvalue weighted by Gasteiger charge is 2.23. The zero-order valence-electron chi connectivity index (χ0n) is 21.9. The van der Waals surface area contributed by atoms with Crippen molar-refractivity contribution >= 4 is 45.5 Å². The van der Waals surface area contributed by atoms with Gasteiger partial charge in [0, 0.05) is 36.3 Å². The summed E-state index contributed by atoms with van der Waals surface area (Å²) in [5.74, 6) is -0.706. The molecular formula is C28H29ClFN5O5. The fraction of sp³-hybridized carbons (Fsp3) is 0.321. The quantitative estimate of drug-likeness (QED) is 0.208. The Morgan fingerprint density at radius 1 is 1.32 bits per heavy atom. The van der Waals surface area contributed by atoms with Crippen molar-refractivity contribution < 1.29 is 28.9 Å². The third-order valence-electron chi connectivity index (χ3n) is 6.29. The first kappa shape index (κ1) is 29.2. The predicted molar refractivity (Wildman–Crippen MR) is 149 cm³/mol. The molecule has 0 saturated carbocycles. The van der Waals surface area contributed by atoms with Gasteiger partial charge in [0.25, 0.3) is 0 Å². The van der Waals surface area contributed by atoms with Crippen LogP contribution < -0.4 is 15.4 Å². The van der Waals surface area contributed by atoms with Crippen molar-refractivity contribution in [3.05, 3.63) is 65.1 Å². The van der Waals surface area contributed by atoms with Crippen molar-refractivity contribution in [3.63, 3.8) is 0 Å². The molecule has 3 aromatic rings. The number of pyridine rings is 1. The molecule has 1 aliphatic rings. The van der Waals surface area contributed by atoms with E-state index in [1.807, 2.05) is 0 Å². The molecule has 10 nitrogen and oxygen atoms in total. The van der Waals surface area contributed by atoms with Crippen molar-refractivity contribution in [2.45, 2.75) is 38.8 Å². The topological polar surface area (TPSA) is 140 Å². The van der Waals surface area contributed by atoms with Gasteiger partial charge in [-0.3, -0.25) is 9.78 Å². The summed E-state index contributed by atoms with van der Waals surface area (Å²) in [6.45, 7) is 4.11. The molecule has 210 valence electrons. The summed E-state index contributed by atoms with van der Waals surface area (Å²) in [4.78, 5) is 18.8. The van der Waals surface area contributed by atoms with Crippen LogP contribution in [0.15, 0.2) is 48.7 Å². The lowest BCUT2D eigenvalue weighted by Gasteiger charge is -2.26. The number of hydrogen-bond acceptors (Lipinski definition) is 9. The number of nitrogens with one attached hydrogen (secondary N) is 2. The van der Waals surface area contributed by atoms with Crippen molar-refractivity contribution in [1.29, 1.82) is 5.26 Å². The van der Waals surface area contributed by atoms with Gasteiger partial charge in [0.15, 0.2) is 0 Å². The molecular weight excluding hydrogens is 541 g/mol. The van der Waals surface area contributed by atoms with Gasteiger partial charge in [-0.1, -0.05) is 17.7 Å². The molecule has 12 heteroatoms. The third-order valence-corrected chi connectivity index (χ3v) is 6.58. The largest absolute Gasteiger partial charge is 0.486 e. The first-order valence-corrected chi connectivity index (χ1v) is 13.0. The molecule has 1 saturated heterocycles. The van der Waals surface area contributed by atoms with Crippen LogP contribution in [-0.4, -0.2) is 64.3 Å². The lowest BCUT2D eigenvalue weighted by Crippen LogP contribution is -2.40. The van der Waals surface area contributed by atoms with Crippen molar-refractivity contribution in [3.8, 4) is 11.8 Å². The first-order chi connectivity index (χ1) is 19.2. The number of hydrogen-bond donors (Lipinski definition) is 4. The Balaban J connectivity index is 1.72. The van der Waals surface area contributed by atoms with Crippen molar-refractivity contribution in [2.24, 2.45) is 0 Å². The molecule has 1 fully saturated rings. The number of aromatic nitrogens is 1. The molecule has 4 N–H and O–H groups in total. The smallest absolute Gasteiger partial charge is 0.248 e. The highest BCUT2D eigenvalue weighted by Crippen LogP contribution is 2.39. The van der Waals surface area contributed by atoms with Crippen LogP contribution in [0.25, 0.3) is 10.9 Å². The van der Waals surface area contributed by atoms with Crippen LogP contribution >= 0.6 is 11.6 Å². The Morgan fingerprint density at radius 3 is 2.75 bits per heavy atom. The maximum Gasteiger partial charge on any atom is 0.248 e. The Hall–Kier alpha value is -3.79. The number of ether oxygens (including phenoxy) is 2. The second-order valence-corrected chi connectivity index (χ2v) is 9.61. The molecule has 0 spiro atoms. The van der Waals surface area contributed by atoms with E-state index in [1.54, 1.807) is 12.1 Å². The van der Waals surface area contributed by atoms with E-state index in [0.29, 0.717) is 47.7 Å². The van der Waals surface area contributed by atoms with Crippen LogP contribution in [0, 0.1) is 17.1 Å². The van der Waals surface area contributed by atoms with Crippen LogP contribution in [-0.2, 0) is 9.53 Å².